The maximum Gasteiger partial charge on any atom is 0.391 e. The van der Waals surface area contributed by atoms with Crippen molar-refractivity contribution in [2.24, 2.45) is 0 Å². The van der Waals surface area contributed by atoms with Crippen LogP contribution in [0.15, 0.2) is 34.9 Å². The zero-order chi connectivity index (χ0) is 17.9. The standard InChI is InChI=1S/C17H29O5P/c1-14(2)7-5-8-15(3)9-6-10-16(4)11-12-22-13-23(20,21)17(18)19/h7,9,11H,5-6,8,10,12-13H2,1-4H3,(H,18,19)(H,20,21). The molecule has 0 saturated heterocycles. The first kappa shape index (κ1) is 21.8. The van der Waals surface area contributed by atoms with Gasteiger partial charge in [-0.1, -0.05) is 34.9 Å². The van der Waals surface area contributed by atoms with Crippen molar-refractivity contribution in [2.45, 2.75) is 53.4 Å². The molecule has 0 spiro atoms. The molecule has 0 aromatic heterocycles. The Balaban J connectivity index is 4.01. The minimum atomic E-state index is -4.23. The van der Waals surface area contributed by atoms with E-state index in [-0.39, 0.29) is 6.61 Å². The Morgan fingerprint density at radius 3 is 2.04 bits per heavy atom. The Morgan fingerprint density at radius 2 is 1.52 bits per heavy atom. The van der Waals surface area contributed by atoms with Gasteiger partial charge in [-0.25, -0.2) is 4.79 Å². The highest BCUT2D eigenvalue weighted by Gasteiger charge is 2.28. The highest BCUT2D eigenvalue weighted by molar-refractivity contribution is 7.74. The number of hydrogen-bond donors (Lipinski definition) is 2. The number of rotatable bonds is 11. The highest BCUT2D eigenvalue weighted by atomic mass is 31.2. The minimum absolute atomic E-state index is 0.146. The van der Waals surface area contributed by atoms with Gasteiger partial charge in [0, 0.05) is 0 Å². The van der Waals surface area contributed by atoms with E-state index in [0.717, 1.165) is 31.3 Å². The molecule has 0 aromatic rings. The average molecular weight is 344 g/mol. The zero-order valence-corrected chi connectivity index (χ0v) is 15.4. The molecule has 0 aromatic carbocycles. The van der Waals surface area contributed by atoms with Crippen molar-refractivity contribution in [1.29, 1.82) is 0 Å². The number of allylic oxidation sites excluding steroid dienone is 5. The van der Waals surface area contributed by atoms with Gasteiger partial charge in [0.05, 0.1) is 6.61 Å². The molecule has 0 aliphatic rings. The maximum atomic E-state index is 11.1. The van der Waals surface area contributed by atoms with Crippen molar-refractivity contribution in [1.82, 2.24) is 0 Å². The van der Waals surface area contributed by atoms with Crippen LogP contribution in [0.5, 0.6) is 0 Å². The van der Waals surface area contributed by atoms with Gasteiger partial charge in [0.15, 0.2) is 0 Å². The van der Waals surface area contributed by atoms with E-state index in [9.17, 15) is 9.36 Å². The Labute approximate surface area is 139 Å². The summed E-state index contributed by atoms with van der Waals surface area (Å²) in [7, 11) is -4.23. The Bertz CT molecular complexity index is 513. The summed E-state index contributed by atoms with van der Waals surface area (Å²) >= 11 is 0. The van der Waals surface area contributed by atoms with Crippen molar-refractivity contribution in [3.8, 4) is 0 Å². The van der Waals surface area contributed by atoms with E-state index in [4.69, 9.17) is 14.7 Å². The van der Waals surface area contributed by atoms with Gasteiger partial charge < -0.3 is 14.7 Å². The van der Waals surface area contributed by atoms with Crippen molar-refractivity contribution in [2.75, 3.05) is 13.0 Å². The fraction of sp³-hybridized carbons (Fsp3) is 0.588. The van der Waals surface area contributed by atoms with Gasteiger partial charge in [0.2, 0.25) is 0 Å². The molecular formula is C17H29O5P. The van der Waals surface area contributed by atoms with E-state index in [0.29, 0.717) is 0 Å². The molecule has 0 saturated carbocycles. The number of carboxylic acid groups (broad SMARTS) is 1. The third kappa shape index (κ3) is 12.0. The van der Waals surface area contributed by atoms with Gasteiger partial charge in [-0.15, -0.1) is 0 Å². The van der Waals surface area contributed by atoms with Crippen LogP contribution in [0, 0.1) is 0 Å². The van der Waals surface area contributed by atoms with Crippen LogP contribution in [-0.4, -0.2) is 28.7 Å². The van der Waals surface area contributed by atoms with Gasteiger partial charge in [0.25, 0.3) is 0 Å². The predicted octanol–water partition coefficient (Wildman–Crippen LogP) is 5.33. The molecule has 0 radical (unpaired) electrons. The zero-order valence-electron chi connectivity index (χ0n) is 14.5. The summed E-state index contributed by atoms with van der Waals surface area (Å²) < 4.78 is 16.1. The normalized spacial score (nSPS) is 15.2. The molecule has 5 nitrogen and oxygen atoms in total. The second-order valence-corrected chi connectivity index (χ2v) is 7.99. The molecule has 1 unspecified atom stereocenters. The summed E-state index contributed by atoms with van der Waals surface area (Å²) in [6.07, 6.45) is 9.58. The van der Waals surface area contributed by atoms with Crippen LogP contribution in [0.4, 0.5) is 4.79 Å². The third-order valence-electron chi connectivity index (χ3n) is 3.24. The second-order valence-electron chi connectivity index (χ2n) is 5.94. The summed E-state index contributed by atoms with van der Waals surface area (Å²) in [5, 5.41) is 8.49. The Hall–Kier alpha value is -1.16. The maximum absolute atomic E-state index is 11.1. The molecule has 23 heavy (non-hydrogen) atoms. The van der Waals surface area contributed by atoms with Crippen LogP contribution in [0.3, 0.4) is 0 Å². The lowest BCUT2D eigenvalue weighted by molar-refractivity contribution is 0.188. The van der Waals surface area contributed by atoms with E-state index in [2.05, 4.69) is 32.9 Å². The molecular weight excluding hydrogens is 315 g/mol. The first-order valence-corrected chi connectivity index (χ1v) is 9.57. The van der Waals surface area contributed by atoms with Gasteiger partial charge >= 0.3 is 13.1 Å². The van der Waals surface area contributed by atoms with Crippen LogP contribution in [0.2, 0.25) is 0 Å². The van der Waals surface area contributed by atoms with Crippen LogP contribution in [0.1, 0.15) is 53.4 Å². The summed E-state index contributed by atoms with van der Waals surface area (Å²) in [5.74, 6) is 0. The SMILES string of the molecule is CC(C)=CCCC(C)=CCCC(C)=CCOCP(=O)(O)C(=O)O. The van der Waals surface area contributed by atoms with E-state index < -0.39 is 19.4 Å². The van der Waals surface area contributed by atoms with Gasteiger partial charge in [0.1, 0.15) is 6.35 Å². The second kappa shape index (κ2) is 11.4. The predicted molar refractivity (Wildman–Crippen MR) is 94.1 cm³/mol. The topological polar surface area (TPSA) is 83.8 Å². The van der Waals surface area contributed by atoms with Crippen LogP contribution >= 0.6 is 7.37 Å². The molecule has 0 aliphatic carbocycles. The number of ether oxygens (including phenoxy) is 1. The first-order chi connectivity index (χ1) is 10.6. The average Bonchev–Trinajstić information content (AvgIpc) is 2.43. The van der Waals surface area contributed by atoms with Crippen molar-refractivity contribution < 1.29 is 24.1 Å². The Morgan fingerprint density at radius 1 is 1.00 bits per heavy atom. The van der Waals surface area contributed by atoms with Crippen molar-refractivity contribution in [3.63, 3.8) is 0 Å². The van der Waals surface area contributed by atoms with Gasteiger partial charge in [-0.05, 0) is 53.4 Å². The molecule has 6 heteroatoms. The van der Waals surface area contributed by atoms with E-state index in [1.807, 2.05) is 13.0 Å². The Kier molecular flexibility index (Phi) is 10.8. The fourth-order valence-electron chi connectivity index (χ4n) is 1.77. The lowest BCUT2D eigenvalue weighted by Gasteiger charge is -2.06. The lowest BCUT2D eigenvalue weighted by Crippen LogP contribution is -2.03. The van der Waals surface area contributed by atoms with Crippen LogP contribution in [0.25, 0.3) is 0 Å². The summed E-state index contributed by atoms with van der Waals surface area (Å²) in [6, 6.07) is 0. The van der Waals surface area contributed by atoms with Gasteiger partial charge in [-0.3, -0.25) is 4.57 Å². The third-order valence-corrected chi connectivity index (χ3v) is 4.37. The van der Waals surface area contributed by atoms with E-state index >= 15 is 0 Å². The lowest BCUT2D eigenvalue weighted by atomic mass is 10.1. The van der Waals surface area contributed by atoms with Crippen LogP contribution in [-0.2, 0) is 9.30 Å². The van der Waals surface area contributed by atoms with Crippen LogP contribution < -0.4 is 0 Å². The largest absolute Gasteiger partial charge is 0.474 e. The van der Waals surface area contributed by atoms with Crippen molar-refractivity contribution >= 4 is 13.1 Å². The molecule has 0 rings (SSSR count). The minimum Gasteiger partial charge on any atom is -0.474 e. The molecule has 0 amide bonds. The molecule has 0 heterocycles. The molecule has 1 atom stereocenters. The molecule has 132 valence electrons. The van der Waals surface area contributed by atoms with Crippen molar-refractivity contribution in [3.05, 3.63) is 34.9 Å². The molecule has 0 fully saturated rings. The summed E-state index contributed by atoms with van der Waals surface area (Å²) in [6.45, 7) is 8.44. The van der Waals surface area contributed by atoms with E-state index in [1.165, 1.54) is 11.1 Å². The van der Waals surface area contributed by atoms with Gasteiger partial charge in [-0.2, -0.15) is 0 Å². The summed E-state index contributed by atoms with van der Waals surface area (Å²) in [4.78, 5) is 19.5. The molecule has 2 N–H and O–H groups in total. The quantitative estimate of drug-likeness (QED) is 0.301. The first-order valence-electron chi connectivity index (χ1n) is 7.73. The summed E-state index contributed by atoms with van der Waals surface area (Å²) in [5.41, 5.74) is 2.11. The highest BCUT2D eigenvalue weighted by Crippen LogP contribution is 2.40. The number of hydrogen-bond acceptors (Lipinski definition) is 3. The fourth-order valence-corrected chi connectivity index (χ4v) is 2.24. The molecule has 0 aliphatic heterocycles. The molecule has 0 bridgehead atoms. The van der Waals surface area contributed by atoms with E-state index in [1.54, 1.807) is 0 Å². The monoisotopic (exact) mass is 344 g/mol. The number of carbonyl (C=O) groups is 1. The smallest absolute Gasteiger partial charge is 0.391 e.